The fraction of sp³-hybridized carbons (Fsp3) is 0.125. The minimum atomic E-state index is -2.73. The van der Waals surface area contributed by atoms with Crippen LogP contribution in [0.4, 0.5) is 5.69 Å². The molecule has 0 aromatic carbocycles. The smallest absolute Gasteiger partial charge is 0.258 e. The number of hydrogen-bond donors (Lipinski definition) is 1. The zero-order valence-corrected chi connectivity index (χ0v) is 10.2. The normalized spacial score (nSPS) is 13.2. The van der Waals surface area contributed by atoms with Gasteiger partial charge in [-0.25, -0.2) is 13.9 Å². The predicted octanol–water partition coefficient (Wildman–Crippen LogP) is 0.693. The van der Waals surface area contributed by atoms with Crippen LogP contribution in [0.25, 0.3) is 0 Å². The first-order valence-corrected chi connectivity index (χ1v) is 6.56. The molecule has 0 radical (unpaired) electrons. The lowest BCUT2D eigenvalue weighted by atomic mass is 10.3. The Hall–Kier alpha value is -1.85. The number of nitrogens with zero attached hydrogens (tertiary/aromatic N) is 3. The molecule has 1 unspecified atom stereocenters. The summed E-state index contributed by atoms with van der Waals surface area (Å²) >= 11 is 5.52. The topological polar surface area (TPSA) is 109 Å². The molecule has 0 fully saturated rings. The van der Waals surface area contributed by atoms with Crippen LogP contribution in [0.15, 0.2) is 12.3 Å². The maximum absolute atomic E-state index is 11.7. The molecule has 0 aliphatic carbocycles. The quantitative estimate of drug-likeness (QED) is 0.218. The molecule has 7 nitrogen and oxygen atoms in total. The third-order valence-corrected chi connectivity index (χ3v) is 3.16. The van der Waals surface area contributed by atoms with E-state index in [1.54, 1.807) is 0 Å². The zero-order chi connectivity index (χ0) is 13.1. The summed E-state index contributed by atoms with van der Waals surface area (Å²) in [6, 6.07) is 1.14. The van der Waals surface area contributed by atoms with Gasteiger partial charge >= 0.3 is 5.69 Å². The molecule has 0 aliphatic heterocycles. The molecular formula is C8H7ClN4O3S. The Kier molecular flexibility index (Phi) is 3.88. The van der Waals surface area contributed by atoms with E-state index in [0.717, 1.165) is 6.07 Å². The van der Waals surface area contributed by atoms with Crippen molar-refractivity contribution in [2.45, 2.75) is 0 Å². The van der Waals surface area contributed by atoms with E-state index < -0.39 is 14.6 Å². The first kappa shape index (κ1) is 13.2. The predicted molar refractivity (Wildman–Crippen MR) is 63.9 cm³/mol. The Morgan fingerprint density at radius 3 is 2.94 bits per heavy atom. The SMILES string of the molecule is CS(=O)(=Cc1cnc(Cl)c([N+](=O)[O-])c1)NC#N. The number of nitrogens with one attached hydrogen (secondary N) is 1. The fourth-order valence-corrected chi connectivity index (χ4v) is 2.09. The molecule has 9 heteroatoms. The standard InChI is InChI=1S/C8H7ClN4O3S/c1-17(16,12-5-10)4-6-2-7(13(14)15)8(9)11-3-6/h2-4H,1H3,(H,12,16). The summed E-state index contributed by atoms with van der Waals surface area (Å²) in [6.07, 6.45) is 4.06. The van der Waals surface area contributed by atoms with Crippen LogP contribution in [0.3, 0.4) is 0 Å². The van der Waals surface area contributed by atoms with Crippen molar-refractivity contribution in [2.24, 2.45) is 0 Å². The van der Waals surface area contributed by atoms with Crippen LogP contribution < -0.4 is 4.72 Å². The molecule has 0 saturated heterocycles. The zero-order valence-electron chi connectivity index (χ0n) is 8.58. The van der Waals surface area contributed by atoms with Crippen molar-refractivity contribution in [2.75, 3.05) is 6.26 Å². The second-order valence-corrected chi connectivity index (χ2v) is 5.68. The Morgan fingerprint density at radius 1 is 1.76 bits per heavy atom. The number of nitriles is 1. The van der Waals surface area contributed by atoms with Gasteiger partial charge in [0.25, 0.3) is 0 Å². The molecule has 17 heavy (non-hydrogen) atoms. The Balaban J connectivity index is 3.28. The van der Waals surface area contributed by atoms with Gasteiger partial charge in [0.1, 0.15) is 0 Å². The minimum Gasteiger partial charge on any atom is -0.258 e. The van der Waals surface area contributed by atoms with E-state index in [2.05, 4.69) is 9.71 Å². The third kappa shape index (κ3) is 3.58. The molecule has 0 amide bonds. The highest BCUT2D eigenvalue weighted by atomic mass is 35.5. The molecule has 1 rings (SSSR count). The summed E-state index contributed by atoms with van der Waals surface area (Å²) in [6.45, 7) is 0. The van der Waals surface area contributed by atoms with Crippen LogP contribution in [-0.4, -0.2) is 25.7 Å². The summed E-state index contributed by atoms with van der Waals surface area (Å²) in [5, 5.41) is 19.9. The van der Waals surface area contributed by atoms with Crippen LogP contribution >= 0.6 is 11.6 Å². The molecule has 90 valence electrons. The lowest BCUT2D eigenvalue weighted by molar-refractivity contribution is -0.385. The number of halogens is 1. The van der Waals surface area contributed by atoms with Crippen LogP contribution in [0, 0.1) is 21.6 Å². The largest absolute Gasteiger partial charge is 0.307 e. The van der Waals surface area contributed by atoms with Gasteiger partial charge in [-0.1, -0.05) is 11.6 Å². The van der Waals surface area contributed by atoms with Gasteiger partial charge in [0, 0.05) is 29.4 Å². The van der Waals surface area contributed by atoms with Gasteiger partial charge in [0.15, 0.2) is 6.19 Å². The molecule has 0 spiro atoms. The van der Waals surface area contributed by atoms with Crippen molar-refractivity contribution >= 4 is 32.4 Å². The minimum absolute atomic E-state index is 0.247. The molecule has 0 aliphatic rings. The Bertz CT molecular complexity index is 616. The van der Waals surface area contributed by atoms with Crippen LogP contribution in [0.5, 0.6) is 0 Å². The maximum Gasteiger partial charge on any atom is 0.307 e. The molecule has 1 aromatic rings. The van der Waals surface area contributed by atoms with E-state index in [4.69, 9.17) is 16.9 Å². The summed E-state index contributed by atoms with van der Waals surface area (Å²) in [4.78, 5) is 13.5. The average Bonchev–Trinajstić information content (AvgIpc) is 2.20. The highest BCUT2D eigenvalue weighted by molar-refractivity contribution is 7.99. The lowest BCUT2D eigenvalue weighted by Crippen LogP contribution is -2.18. The monoisotopic (exact) mass is 274 g/mol. The van der Waals surface area contributed by atoms with Crippen molar-refractivity contribution in [1.82, 2.24) is 9.71 Å². The van der Waals surface area contributed by atoms with Gasteiger partial charge in [0.05, 0.1) is 14.6 Å². The molecular weight excluding hydrogens is 268 g/mol. The van der Waals surface area contributed by atoms with E-state index in [1.807, 2.05) is 0 Å². The van der Waals surface area contributed by atoms with E-state index in [1.165, 1.54) is 24.0 Å². The number of nitro groups is 1. The van der Waals surface area contributed by atoms with Crippen LogP contribution in [0.1, 0.15) is 5.56 Å². The van der Waals surface area contributed by atoms with Gasteiger partial charge in [0.2, 0.25) is 5.15 Å². The molecule has 0 saturated carbocycles. The lowest BCUT2D eigenvalue weighted by Gasteiger charge is -2.01. The first-order chi connectivity index (χ1) is 7.85. The average molecular weight is 275 g/mol. The number of hydrogen-bond acceptors (Lipinski definition) is 5. The molecule has 1 aromatic heterocycles. The summed E-state index contributed by atoms with van der Waals surface area (Å²) < 4.78 is 13.8. The second kappa shape index (κ2) is 4.99. The second-order valence-electron chi connectivity index (χ2n) is 3.07. The molecule has 1 N–H and O–H groups in total. The fourth-order valence-electron chi connectivity index (χ4n) is 1.02. The number of rotatable bonds is 3. The number of aromatic nitrogens is 1. The summed E-state index contributed by atoms with van der Waals surface area (Å²) in [5.74, 6) is 0. The van der Waals surface area contributed by atoms with Crippen molar-refractivity contribution in [3.63, 3.8) is 0 Å². The summed E-state index contributed by atoms with van der Waals surface area (Å²) in [5.41, 5.74) is -0.135. The van der Waals surface area contributed by atoms with Crippen molar-refractivity contribution in [3.05, 3.63) is 33.1 Å². The van der Waals surface area contributed by atoms with E-state index in [9.17, 15) is 14.3 Å². The number of pyridine rings is 1. The van der Waals surface area contributed by atoms with Gasteiger partial charge < -0.3 is 0 Å². The highest BCUT2D eigenvalue weighted by Crippen LogP contribution is 2.21. The van der Waals surface area contributed by atoms with Gasteiger partial charge in [-0.05, 0) is 0 Å². The van der Waals surface area contributed by atoms with Gasteiger partial charge in [-0.15, -0.1) is 0 Å². The van der Waals surface area contributed by atoms with Crippen molar-refractivity contribution < 1.29 is 9.13 Å². The molecule has 1 atom stereocenters. The Morgan fingerprint density at radius 2 is 2.41 bits per heavy atom. The van der Waals surface area contributed by atoms with Gasteiger partial charge in [-0.2, -0.15) is 5.26 Å². The Labute approximate surface area is 102 Å². The van der Waals surface area contributed by atoms with E-state index >= 15 is 0 Å². The third-order valence-electron chi connectivity index (χ3n) is 1.65. The summed E-state index contributed by atoms with van der Waals surface area (Å²) in [7, 11) is -2.73. The molecule has 0 bridgehead atoms. The van der Waals surface area contributed by atoms with E-state index in [-0.39, 0.29) is 16.4 Å². The maximum atomic E-state index is 11.7. The molecule has 1 heterocycles. The first-order valence-electron chi connectivity index (χ1n) is 4.15. The highest BCUT2D eigenvalue weighted by Gasteiger charge is 2.14. The van der Waals surface area contributed by atoms with Crippen molar-refractivity contribution in [3.8, 4) is 6.19 Å². The van der Waals surface area contributed by atoms with Crippen molar-refractivity contribution in [1.29, 1.82) is 5.26 Å². The van der Waals surface area contributed by atoms with Gasteiger partial charge in [-0.3, -0.25) is 10.1 Å². The van der Waals surface area contributed by atoms with Crippen LogP contribution in [-0.2, 0) is 9.71 Å². The van der Waals surface area contributed by atoms with E-state index in [0.29, 0.717) is 0 Å². The van der Waals surface area contributed by atoms with Crippen LogP contribution in [0.2, 0.25) is 5.15 Å².